The highest BCUT2D eigenvalue weighted by atomic mass is 35.5. The van der Waals surface area contributed by atoms with Crippen LogP contribution < -0.4 is 20.1 Å². The maximum atomic E-state index is 11.9. The molecule has 0 spiro atoms. The van der Waals surface area contributed by atoms with Crippen LogP contribution in [0.4, 0.5) is 11.4 Å². The summed E-state index contributed by atoms with van der Waals surface area (Å²) in [5, 5.41) is 24.5. The minimum absolute atomic E-state index is 0.106. The van der Waals surface area contributed by atoms with Gasteiger partial charge < -0.3 is 30.1 Å². The Hall–Kier alpha value is -3.82. The first-order valence-corrected chi connectivity index (χ1v) is 12.3. The van der Waals surface area contributed by atoms with Gasteiger partial charge in [-0.15, -0.1) is 0 Å². The molecule has 2 aromatic carbocycles. The number of amides is 1. The number of hydrogen-bond acceptors (Lipinski definition) is 7. The van der Waals surface area contributed by atoms with Gasteiger partial charge in [-0.2, -0.15) is 0 Å². The SMILES string of the molecule is CCCN(CCOc1cccc(NC)c1C(=N)Nc1ccc(OCc2ccccn2)c(Cl)c1)C(=O)CO. The summed E-state index contributed by atoms with van der Waals surface area (Å²) in [6.45, 7) is 2.79. The molecule has 0 radical (unpaired) electrons. The molecule has 0 fully saturated rings. The lowest BCUT2D eigenvalue weighted by Gasteiger charge is -2.22. The Kier molecular flexibility index (Phi) is 10.5. The predicted octanol–water partition coefficient (Wildman–Crippen LogP) is 4.40. The highest BCUT2D eigenvalue weighted by molar-refractivity contribution is 6.32. The minimum atomic E-state index is -0.537. The number of nitrogens with zero attached hydrogens (tertiary/aromatic N) is 2. The molecule has 0 bridgehead atoms. The third-order valence-electron chi connectivity index (χ3n) is 5.45. The van der Waals surface area contributed by atoms with Crippen molar-refractivity contribution in [1.82, 2.24) is 9.88 Å². The zero-order valence-corrected chi connectivity index (χ0v) is 21.7. The molecule has 1 heterocycles. The Labute approximate surface area is 221 Å². The van der Waals surface area contributed by atoms with Crippen LogP contribution in [0.5, 0.6) is 11.5 Å². The molecule has 3 aromatic rings. The third kappa shape index (κ3) is 7.83. The van der Waals surface area contributed by atoms with E-state index in [0.29, 0.717) is 53.2 Å². The van der Waals surface area contributed by atoms with E-state index < -0.39 is 6.61 Å². The summed E-state index contributed by atoms with van der Waals surface area (Å²) in [7, 11) is 1.77. The summed E-state index contributed by atoms with van der Waals surface area (Å²) in [5.41, 5.74) is 2.64. The molecule has 1 amide bonds. The Morgan fingerprint density at radius 1 is 1.11 bits per heavy atom. The predicted molar refractivity (Wildman–Crippen MR) is 146 cm³/mol. The molecule has 0 aliphatic heterocycles. The van der Waals surface area contributed by atoms with Crippen molar-refractivity contribution < 1.29 is 19.4 Å². The van der Waals surface area contributed by atoms with E-state index in [-0.39, 0.29) is 18.3 Å². The highest BCUT2D eigenvalue weighted by Crippen LogP contribution is 2.31. The number of nitrogens with one attached hydrogen (secondary N) is 3. The zero-order chi connectivity index (χ0) is 26.6. The summed E-state index contributed by atoms with van der Waals surface area (Å²) in [4.78, 5) is 17.7. The first-order valence-electron chi connectivity index (χ1n) is 12.0. The summed E-state index contributed by atoms with van der Waals surface area (Å²) in [6.07, 6.45) is 2.48. The first kappa shape index (κ1) is 27.8. The normalized spacial score (nSPS) is 10.5. The molecule has 0 saturated carbocycles. The smallest absolute Gasteiger partial charge is 0.248 e. The molecular formula is C27H32ClN5O4. The second-order valence-corrected chi connectivity index (χ2v) is 8.48. The number of anilines is 2. The largest absolute Gasteiger partial charge is 0.491 e. The number of benzene rings is 2. The van der Waals surface area contributed by atoms with E-state index in [1.807, 2.05) is 37.3 Å². The van der Waals surface area contributed by atoms with Gasteiger partial charge in [0.25, 0.3) is 0 Å². The maximum Gasteiger partial charge on any atom is 0.248 e. The second-order valence-electron chi connectivity index (χ2n) is 8.07. The van der Waals surface area contributed by atoms with Crippen molar-refractivity contribution in [2.24, 2.45) is 0 Å². The molecule has 4 N–H and O–H groups in total. The lowest BCUT2D eigenvalue weighted by molar-refractivity contribution is -0.134. The Bertz CT molecular complexity index is 1190. The van der Waals surface area contributed by atoms with E-state index in [0.717, 1.165) is 12.1 Å². The van der Waals surface area contributed by atoms with Gasteiger partial charge in [-0.3, -0.25) is 15.2 Å². The number of ether oxygens (including phenoxy) is 2. The summed E-state index contributed by atoms with van der Waals surface area (Å²) < 4.78 is 11.8. The van der Waals surface area contributed by atoms with Gasteiger partial charge in [-0.05, 0) is 48.9 Å². The van der Waals surface area contributed by atoms with E-state index in [4.69, 9.17) is 26.5 Å². The van der Waals surface area contributed by atoms with Gasteiger partial charge in [-0.1, -0.05) is 30.7 Å². The molecule has 3 rings (SSSR count). The van der Waals surface area contributed by atoms with E-state index >= 15 is 0 Å². The van der Waals surface area contributed by atoms with Gasteiger partial charge in [-0.25, -0.2) is 0 Å². The van der Waals surface area contributed by atoms with Crippen LogP contribution in [0.3, 0.4) is 0 Å². The molecule has 1 aromatic heterocycles. The molecule has 9 nitrogen and oxygen atoms in total. The Morgan fingerprint density at radius 3 is 2.62 bits per heavy atom. The first-order chi connectivity index (χ1) is 18.0. The molecule has 0 unspecified atom stereocenters. The molecule has 0 atom stereocenters. The van der Waals surface area contributed by atoms with Crippen LogP contribution >= 0.6 is 11.6 Å². The van der Waals surface area contributed by atoms with Gasteiger partial charge in [0.1, 0.15) is 37.2 Å². The molecule has 0 aliphatic carbocycles. The fourth-order valence-electron chi connectivity index (χ4n) is 3.65. The van der Waals surface area contributed by atoms with Crippen molar-refractivity contribution >= 4 is 34.7 Å². The molecular weight excluding hydrogens is 494 g/mol. The van der Waals surface area contributed by atoms with Crippen LogP contribution in [0.2, 0.25) is 5.02 Å². The van der Waals surface area contributed by atoms with Crippen molar-refractivity contribution in [3.63, 3.8) is 0 Å². The summed E-state index contributed by atoms with van der Waals surface area (Å²) >= 11 is 6.43. The van der Waals surface area contributed by atoms with Crippen molar-refractivity contribution in [3.8, 4) is 11.5 Å². The van der Waals surface area contributed by atoms with Gasteiger partial charge >= 0.3 is 0 Å². The summed E-state index contributed by atoms with van der Waals surface area (Å²) in [6, 6.07) is 16.3. The van der Waals surface area contributed by atoms with Gasteiger partial charge in [0, 0.05) is 31.2 Å². The number of amidine groups is 1. The number of carbonyl (C=O) groups excluding carboxylic acids is 1. The quantitative estimate of drug-likeness (QED) is 0.193. The van der Waals surface area contributed by atoms with E-state index in [1.165, 1.54) is 0 Å². The van der Waals surface area contributed by atoms with Crippen molar-refractivity contribution in [3.05, 3.63) is 77.1 Å². The van der Waals surface area contributed by atoms with Crippen molar-refractivity contribution in [2.75, 3.05) is 44.0 Å². The second kappa shape index (κ2) is 14.1. The van der Waals surface area contributed by atoms with Crippen molar-refractivity contribution in [1.29, 1.82) is 5.41 Å². The number of rotatable bonds is 13. The monoisotopic (exact) mass is 525 g/mol. The number of aromatic nitrogens is 1. The maximum absolute atomic E-state index is 11.9. The van der Waals surface area contributed by atoms with Crippen LogP contribution in [-0.2, 0) is 11.4 Å². The molecule has 0 aliphatic rings. The lowest BCUT2D eigenvalue weighted by atomic mass is 10.1. The lowest BCUT2D eigenvalue weighted by Crippen LogP contribution is -2.37. The number of halogens is 1. The molecule has 0 saturated heterocycles. The molecule has 10 heteroatoms. The van der Waals surface area contributed by atoms with Crippen LogP contribution in [-0.4, -0.2) is 60.1 Å². The van der Waals surface area contributed by atoms with Gasteiger partial charge in [0.2, 0.25) is 5.91 Å². The Balaban J connectivity index is 1.69. The van der Waals surface area contributed by atoms with Crippen LogP contribution in [0.1, 0.15) is 24.6 Å². The van der Waals surface area contributed by atoms with Crippen molar-refractivity contribution in [2.45, 2.75) is 20.0 Å². The highest BCUT2D eigenvalue weighted by Gasteiger charge is 2.17. The third-order valence-corrected chi connectivity index (χ3v) is 5.74. The van der Waals surface area contributed by atoms with Crippen LogP contribution in [0.15, 0.2) is 60.8 Å². The molecule has 196 valence electrons. The number of pyridine rings is 1. The van der Waals surface area contributed by atoms with E-state index in [2.05, 4.69) is 15.6 Å². The zero-order valence-electron chi connectivity index (χ0n) is 21.0. The van der Waals surface area contributed by atoms with Crippen LogP contribution in [0, 0.1) is 5.41 Å². The number of hydrogen-bond donors (Lipinski definition) is 4. The number of aliphatic hydroxyl groups excluding tert-OH is 1. The number of aliphatic hydroxyl groups is 1. The van der Waals surface area contributed by atoms with Crippen LogP contribution in [0.25, 0.3) is 0 Å². The molecule has 37 heavy (non-hydrogen) atoms. The average Bonchev–Trinajstić information content (AvgIpc) is 2.92. The average molecular weight is 526 g/mol. The summed E-state index contributed by atoms with van der Waals surface area (Å²) in [5.74, 6) is 0.764. The van der Waals surface area contributed by atoms with Gasteiger partial charge in [0.15, 0.2) is 0 Å². The van der Waals surface area contributed by atoms with E-state index in [9.17, 15) is 9.90 Å². The van der Waals surface area contributed by atoms with Gasteiger partial charge in [0.05, 0.1) is 22.8 Å². The standard InChI is InChI=1S/C27H32ClN5O4/c1-3-13-33(25(35)17-34)14-15-36-24-9-6-8-22(30-2)26(24)27(29)32-19-10-11-23(21(28)16-19)37-18-20-7-4-5-12-31-20/h4-12,16,30,34H,3,13-15,17-18H2,1-2H3,(H2,29,32). The number of carbonyl (C=O) groups is 1. The van der Waals surface area contributed by atoms with E-state index in [1.54, 1.807) is 42.4 Å². The fraction of sp³-hybridized carbons (Fsp3) is 0.296. The fourth-order valence-corrected chi connectivity index (χ4v) is 3.89. The topological polar surface area (TPSA) is 120 Å². The Morgan fingerprint density at radius 2 is 1.95 bits per heavy atom. The minimum Gasteiger partial charge on any atom is -0.491 e.